The highest BCUT2D eigenvalue weighted by Crippen LogP contribution is 2.23. The van der Waals surface area contributed by atoms with Gasteiger partial charge in [0.25, 0.3) is 5.91 Å². The molecule has 2 aromatic carbocycles. The van der Waals surface area contributed by atoms with E-state index in [1.807, 2.05) is 13.0 Å². The molecule has 0 bridgehead atoms. The average molecular weight is 375 g/mol. The number of anilines is 1. The maximum absolute atomic E-state index is 13.0. The van der Waals surface area contributed by atoms with Crippen LogP contribution in [0.3, 0.4) is 0 Å². The standard InChI is InChI=1S/C19H16ClFN2O3/c1-11-3-4-13(20)9-17(11)22-19(24)18-16(12(2)26-23-18)10-25-15-7-5-14(21)6-8-15/h3-9H,10H2,1-2H3,(H,22,24). The molecular weight excluding hydrogens is 359 g/mol. The number of nitrogens with one attached hydrogen (secondary N) is 1. The summed E-state index contributed by atoms with van der Waals surface area (Å²) in [6.07, 6.45) is 0. The van der Waals surface area contributed by atoms with Crippen LogP contribution in [0.5, 0.6) is 5.75 Å². The van der Waals surface area contributed by atoms with Crippen LogP contribution in [-0.4, -0.2) is 11.1 Å². The normalized spacial score (nSPS) is 10.6. The van der Waals surface area contributed by atoms with Crippen molar-refractivity contribution in [1.29, 1.82) is 0 Å². The molecule has 0 saturated heterocycles. The van der Waals surface area contributed by atoms with Crippen LogP contribution >= 0.6 is 11.6 Å². The molecule has 0 saturated carbocycles. The monoisotopic (exact) mass is 374 g/mol. The fourth-order valence-electron chi connectivity index (χ4n) is 2.34. The van der Waals surface area contributed by atoms with Crippen LogP contribution in [0, 0.1) is 19.7 Å². The molecule has 7 heteroatoms. The second kappa shape index (κ2) is 7.58. The van der Waals surface area contributed by atoms with E-state index in [1.54, 1.807) is 19.1 Å². The van der Waals surface area contributed by atoms with E-state index in [0.717, 1.165) is 5.56 Å². The Labute approximate surface area is 154 Å². The molecule has 26 heavy (non-hydrogen) atoms. The molecule has 1 heterocycles. The van der Waals surface area contributed by atoms with Crippen molar-refractivity contribution >= 4 is 23.2 Å². The Balaban J connectivity index is 1.77. The summed E-state index contributed by atoms with van der Waals surface area (Å²) in [6, 6.07) is 10.8. The third-order valence-electron chi connectivity index (χ3n) is 3.84. The lowest BCUT2D eigenvalue weighted by molar-refractivity contribution is 0.101. The molecule has 0 radical (unpaired) electrons. The summed E-state index contributed by atoms with van der Waals surface area (Å²) in [5.74, 6) is 0.171. The SMILES string of the molecule is Cc1ccc(Cl)cc1NC(=O)c1noc(C)c1COc1ccc(F)cc1. The molecule has 0 fully saturated rings. The number of carbonyl (C=O) groups excluding carboxylic acids is 1. The van der Waals surface area contributed by atoms with Gasteiger partial charge < -0.3 is 14.6 Å². The number of aryl methyl sites for hydroxylation is 2. The largest absolute Gasteiger partial charge is 0.489 e. The average Bonchev–Trinajstić information content (AvgIpc) is 2.98. The first-order valence-electron chi connectivity index (χ1n) is 7.85. The molecule has 5 nitrogen and oxygen atoms in total. The molecule has 1 amide bonds. The van der Waals surface area contributed by atoms with Crippen molar-refractivity contribution < 1.29 is 18.4 Å². The fraction of sp³-hybridized carbons (Fsp3) is 0.158. The molecule has 0 aliphatic heterocycles. The summed E-state index contributed by atoms with van der Waals surface area (Å²) < 4.78 is 23.7. The number of benzene rings is 2. The van der Waals surface area contributed by atoms with E-state index < -0.39 is 5.91 Å². The van der Waals surface area contributed by atoms with Crippen LogP contribution in [0.2, 0.25) is 5.02 Å². The molecule has 1 aromatic heterocycles. The second-order valence-corrected chi connectivity index (χ2v) is 6.16. The Morgan fingerprint density at radius 3 is 2.69 bits per heavy atom. The molecule has 134 valence electrons. The van der Waals surface area contributed by atoms with Crippen LogP contribution in [-0.2, 0) is 6.61 Å². The minimum atomic E-state index is -0.426. The molecule has 3 aromatic rings. The Hall–Kier alpha value is -2.86. The zero-order chi connectivity index (χ0) is 18.7. The van der Waals surface area contributed by atoms with Crippen LogP contribution in [0.1, 0.15) is 27.4 Å². The van der Waals surface area contributed by atoms with Gasteiger partial charge in [0.15, 0.2) is 5.69 Å². The predicted molar refractivity (Wildman–Crippen MR) is 96.1 cm³/mol. The number of halogens is 2. The number of aromatic nitrogens is 1. The van der Waals surface area contributed by atoms with E-state index in [0.29, 0.717) is 27.8 Å². The van der Waals surface area contributed by atoms with E-state index in [4.69, 9.17) is 20.9 Å². The lowest BCUT2D eigenvalue weighted by Crippen LogP contribution is -2.16. The minimum absolute atomic E-state index is 0.0677. The van der Waals surface area contributed by atoms with Crippen molar-refractivity contribution in [3.05, 3.63) is 75.9 Å². The number of hydrogen-bond acceptors (Lipinski definition) is 4. The van der Waals surface area contributed by atoms with Gasteiger partial charge in [-0.1, -0.05) is 22.8 Å². The highest BCUT2D eigenvalue weighted by Gasteiger charge is 2.21. The zero-order valence-electron chi connectivity index (χ0n) is 14.2. The van der Waals surface area contributed by atoms with E-state index in [1.165, 1.54) is 24.3 Å². The summed E-state index contributed by atoms with van der Waals surface area (Å²) in [5.41, 5.74) is 2.11. The highest BCUT2D eigenvalue weighted by atomic mass is 35.5. The third-order valence-corrected chi connectivity index (χ3v) is 4.08. The highest BCUT2D eigenvalue weighted by molar-refractivity contribution is 6.31. The lowest BCUT2D eigenvalue weighted by Gasteiger charge is -2.09. The minimum Gasteiger partial charge on any atom is -0.489 e. The van der Waals surface area contributed by atoms with Crippen LogP contribution < -0.4 is 10.1 Å². The number of hydrogen-bond donors (Lipinski definition) is 1. The van der Waals surface area contributed by atoms with E-state index in [-0.39, 0.29) is 18.1 Å². The molecule has 3 rings (SSSR count). The number of rotatable bonds is 5. The van der Waals surface area contributed by atoms with Gasteiger partial charge in [-0.25, -0.2) is 4.39 Å². The van der Waals surface area contributed by atoms with Gasteiger partial charge in [0.2, 0.25) is 0 Å². The van der Waals surface area contributed by atoms with Gasteiger partial charge >= 0.3 is 0 Å². The molecular formula is C19H16ClFN2O3. The fourth-order valence-corrected chi connectivity index (χ4v) is 2.51. The van der Waals surface area contributed by atoms with Crippen LogP contribution in [0.15, 0.2) is 47.0 Å². The molecule has 0 unspecified atom stereocenters. The second-order valence-electron chi connectivity index (χ2n) is 5.72. The van der Waals surface area contributed by atoms with Gasteiger partial charge in [-0.3, -0.25) is 4.79 Å². The van der Waals surface area contributed by atoms with E-state index in [2.05, 4.69) is 10.5 Å². The number of nitrogens with zero attached hydrogens (tertiary/aromatic N) is 1. The number of ether oxygens (including phenoxy) is 1. The first-order chi connectivity index (χ1) is 12.4. The van der Waals surface area contributed by atoms with Gasteiger partial charge in [0, 0.05) is 10.7 Å². The van der Waals surface area contributed by atoms with Gasteiger partial charge in [-0.2, -0.15) is 0 Å². The Morgan fingerprint density at radius 2 is 1.96 bits per heavy atom. The summed E-state index contributed by atoms with van der Waals surface area (Å²) in [4.78, 5) is 12.6. The summed E-state index contributed by atoms with van der Waals surface area (Å²) >= 11 is 5.98. The Bertz CT molecular complexity index is 938. The maximum Gasteiger partial charge on any atom is 0.278 e. The van der Waals surface area contributed by atoms with Crippen molar-refractivity contribution in [3.63, 3.8) is 0 Å². The zero-order valence-corrected chi connectivity index (χ0v) is 14.9. The van der Waals surface area contributed by atoms with Crippen LogP contribution in [0.25, 0.3) is 0 Å². The van der Waals surface area contributed by atoms with Gasteiger partial charge in [-0.05, 0) is 55.8 Å². The van der Waals surface area contributed by atoms with Crippen molar-refractivity contribution in [2.45, 2.75) is 20.5 Å². The predicted octanol–water partition coefficient (Wildman–Crippen LogP) is 4.92. The number of carbonyl (C=O) groups is 1. The summed E-state index contributed by atoms with van der Waals surface area (Å²) in [7, 11) is 0. The molecule has 1 N–H and O–H groups in total. The Kier molecular flexibility index (Phi) is 5.23. The van der Waals surface area contributed by atoms with Crippen molar-refractivity contribution in [2.24, 2.45) is 0 Å². The quantitative estimate of drug-likeness (QED) is 0.688. The van der Waals surface area contributed by atoms with E-state index in [9.17, 15) is 9.18 Å². The van der Waals surface area contributed by atoms with E-state index >= 15 is 0 Å². The number of amides is 1. The van der Waals surface area contributed by atoms with Crippen molar-refractivity contribution in [3.8, 4) is 5.75 Å². The molecule has 0 aliphatic carbocycles. The first-order valence-corrected chi connectivity index (χ1v) is 8.23. The maximum atomic E-state index is 13.0. The molecule has 0 spiro atoms. The lowest BCUT2D eigenvalue weighted by atomic mass is 10.1. The van der Waals surface area contributed by atoms with Gasteiger partial charge in [0.05, 0.1) is 5.56 Å². The molecule has 0 aliphatic rings. The Morgan fingerprint density at radius 1 is 1.23 bits per heavy atom. The molecule has 0 atom stereocenters. The smallest absolute Gasteiger partial charge is 0.278 e. The third kappa shape index (κ3) is 4.03. The first kappa shape index (κ1) is 17.9. The van der Waals surface area contributed by atoms with Crippen molar-refractivity contribution in [2.75, 3.05) is 5.32 Å². The topological polar surface area (TPSA) is 64.4 Å². The van der Waals surface area contributed by atoms with Crippen LogP contribution in [0.4, 0.5) is 10.1 Å². The van der Waals surface area contributed by atoms with Crippen molar-refractivity contribution in [1.82, 2.24) is 5.16 Å². The van der Waals surface area contributed by atoms with Gasteiger partial charge in [-0.15, -0.1) is 0 Å². The summed E-state index contributed by atoms with van der Waals surface area (Å²) in [5, 5.41) is 7.12. The van der Waals surface area contributed by atoms with Gasteiger partial charge in [0.1, 0.15) is 23.9 Å². The summed E-state index contributed by atoms with van der Waals surface area (Å²) in [6.45, 7) is 3.62.